The lowest BCUT2D eigenvalue weighted by atomic mass is 10.0. The van der Waals surface area contributed by atoms with Crippen molar-refractivity contribution in [3.63, 3.8) is 0 Å². The Balaban J connectivity index is 2.57. The Bertz CT molecular complexity index is 448. The van der Waals surface area contributed by atoms with Crippen molar-refractivity contribution in [2.45, 2.75) is 25.8 Å². The molecule has 1 aromatic rings. The standard InChI is InChI=1S/C11H13NO3/c1-15-11(14)8-5-6-10(13)12-7-3-2-4-9(8)12/h5-6H,2-4,7H2,1H3. The van der Waals surface area contributed by atoms with Gasteiger partial charge in [0.2, 0.25) is 0 Å². The number of esters is 1. The first-order valence-corrected chi connectivity index (χ1v) is 5.05. The molecule has 0 atom stereocenters. The van der Waals surface area contributed by atoms with Gasteiger partial charge in [0.15, 0.2) is 0 Å². The number of ether oxygens (including phenoxy) is 1. The highest BCUT2D eigenvalue weighted by Crippen LogP contribution is 2.16. The fourth-order valence-corrected chi connectivity index (χ4v) is 1.99. The minimum absolute atomic E-state index is 0.0302. The molecule has 0 aliphatic carbocycles. The maximum atomic E-state index is 11.5. The maximum absolute atomic E-state index is 11.5. The minimum Gasteiger partial charge on any atom is -0.465 e. The monoisotopic (exact) mass is 207 g/mol. The van der Waals surface area contributed by atoms with Crippen molar-refractivity contribution in [3.05, 3.63) is 33.7 Å². The number of pyridine rings is 1. The van der Waals surface area contributed by atoms with E-state index < -0.39 is 0 Å². The summed E-state index contributed by atoms with van der Waals surface area (Å²) < 4.78 is 6.36. The molecule has 80 valence electrons. The summed E-state index contributed by atoms with van der Waals surface area (Å²) in [6.45, 7) is 0.707. The van der Waals surface area contributed by atoms with Gasteiger partial charge in [-0.25, -0.2) is 4.79 Å². The van der Waals surface area contributed by atoms with Crippen LogP contribution in [-0.4, -0.2) is 17.6 Å². The fourth-order valence-electron chi connectivity index (χ4n) is 1.99. The molecular formula is C11H13NO3. The summed E-state index contributed by atoms with van der Waals surface area (Å²) in [4.78, 5) is 23.0. The molecule has 1 aliphatic heterocycles. The molecule has 0 bridgehead atoms. The molecule has 0 saturated carbocycles. The number of aromatic nitrogens is 1. The van der Waals surface area contributed by atoms with Gasteiger partial charge >= 0.3 is 5.97 Å². The van der Waals surface area contributed by atoms with E-state index in [-0.39, 0.29) is 11.5 Å². The van der Waals surface area contributed by atoms with Gasteiger partial charge < -0.3 is 9.30 Å². The predicted octanol–water partition coefficient (Wildman–Crippen LogP) is 0.971. The Morgan fingerprint density at radius 1 is 1.40 bits per heavy atom. The van der Waals surface area contributed by atoms with Gasteiger partial charge in [0.05, 0.1) is 12.7 Å². The Hall–Kier alpha value is -1.58. The second kappa shape index (κ2) is 3.88. The molecule has 4 nitrogen and oxygen atoms in total. The van der Waals surface area contributed by atoms with Crippen molar-refractivity contribution in [1.82, 2.24) is 4.57 Å². The first kappa shape index (κ1) is 9.96. The summed E-state index contributed by atoms with van der Waals surface area (Å²) in [7, 11) is 1.35. The minimum atomic E-state index is -0.361. The predicted molar refractivity (Wildman–Crippen MR) is 55.0 cm³/mol. The third kappa shape index (κ3) is 1.67. The van der Waals surface area contributed by atoms with Gasteiger partial charge in [-0.1, -0.05) is 0 Å². The van der Waals surface area contributed by atoms with Crippen LogP contribution in [-0.2, 0) is 17.7 Å². The van der Waals surface area contributed by atoms with E-state index in [0.717, 1.165) is 25.0 Å². The molecule has 0 amide bonds. The summed E-state index contributed by atoms with van der Waals surface area (Å²) >= 11 is 0. The normalized spacial score (nSPS) is 14.5. The van der Waals surface area contributed by atoms with E-state index in [9.17, 15) is 9.59 Å². The topological polar surface area (TPSA) is 48.3 Å². The highest BCUT2D eigenvalue weighted by Gasteiger charge is 2.18. The summed E-state index contributed by atoms with van der Waals surface area (Å²) in [6, 6.07) is 2.99. The van der Waals surface area contributed by atoms with Crippen LogP contribution in [0.2, 0.25) is 0 Å². The molecule has 1 aromatic heterocycles. The third-order valence-electron chi connectivity index (χ3n) is 2.75. The van der Waals surface area contributed by atoms with E-state index in [4.69, 9.17) is 0 Å². The zero-order chi connectivity index (χ0) is 10.8. The summed E-state index contributed by atoms with van der Waals surface area (Å²) in [5.74, 6) is -0.361. The number of carbonyl (C=O) groups excluding carboxylic acids is 1. The van der Waals surface area contributed by atoms with Gasteiger partial charge in [-0.05, 0) is 25.3 Å². The molecule has 2 heterocycles. The van der Waals surface area contributed by atoms with Gasteiger partial charge in [0, 0.05) is 18.3 Å². The van der Waals surface area contributed by atoms with Gasteiger partial charge in [-0.3, -0.25) is 4.79 Å². The lowest BCUT2D eigenvalue weighted by Gasteiger charge is -2.19. The van der Waals surface area contributed by atoms with Gasteiger partial charge in [-0.15, -0.1) is 0 Å². The lowest BCUT2D eigenvalue weighted by Crippen LogP contribution is -2.28. The van der Waals surface area contributed by atoms with Crippen molar-refractivity contribution < 1.29 is 9.53 Å². The van der Waals surface area contributed by atoms with Crippen molar-refractivity contribution in [3.8, 4) is 0 Å². The Kier molecular flexibility index (Phi) is 2.58. The number of carbonyl (C=O) groups is 1. The molecule has 0 unspecified atom stereocenters. The highest BCUT2D eigenvalue weighted by atomic mass is 16.5. The molecule has 0 aromatic carbocycles. The Morgan fingerprint density at radius 3 is 2.93 bits per heavy atom. The molecule has 0 fully saturated rings. The van der Waals surface area contributed by atoms with Crippen molar-refractivity contribution in [2.75, 3.05) is 7.11 Å². The average Bonchev–Trinajstić information content (AvgIpc) is 2.29. The van der Waals surface area contributed by atoms with E-state index in [1.165, 1.54) is 13.2 Å². The molecule has 0 N–H and O–H groups in total. The first-order valence-electron chi connectivity index (χ1n) is 5.05. The number of hydrogen-bond acceptors (Lipinski definition) is 3. The molecule has 4 heteroatoms. The van der Waals surface area contributed by atoms with Crippen LogP contribution >= 0.6 is 0 Å². The summed E-state index contributed by atoms with van der Waals surface area (Å²) in [5.41, 5.74) is 1.31. The van der Waals surface area contributed by atoms with Gasteiger partial charge in [0.25, 0.3) is 5.56 Å². The largest absolute Gasteiger partial charge is 0.465 e. The van der Waals surface area contributed by atoms with E-state index >= 15 is 0 Å². The Morgan fingerprint density at radius 2 is 2.20 bits per heavy atom. The van der Waals surface area contributed by atoms with Crippen molar-refractivity contribution in [1.29, 1.82) is 0 Å². The number of hydrogen-bond donors (Lipinski definition) is 0. The van der Waals surface area contributed by atoms with Crippen molar-refractivity contribution in [2.24, 2.45) is 0 Å². The lowest BCUT2D eigenvalue weighted by molar-refractivity contribution is 0.0597. The third-order valence-corrected chi connectivity index (χ3v) is 2.75. The zero-order valence-corrected chi connectivity index (χ0v) is 8.66. The number of fused-ring (bicyclic) bond motifs is 1. The van der Waals surface area contributed by atoms with Crippen LogP contribution in [0.15, 0.2) is 16.9 Å². The summed E-state index contributed by atoms with van der Waals surface area (Å²) in [6.07, 6.45) is 2.80. The van der Waals surface area contributed by atoms with Crippen LogP contribution in [0.1, 0.15) is 28.9 Å². The van der Waals surface area contributed by atoms with Crippen LogP contribution in [0.5, 0.6) is 0 Å². The van der Waals surface area contributed by atoms with E-state index in [1.807, 2.05) is 0 Å². The van der Waals surface area contributed by atoms with E-state index in [0.29, 0.717) is 12.1 Å². The molecule has 0 radical (unpaired) electrons. The summed E-state index contributed by atoms with van der Waals surface area (Å²) in [5, 5.41) is 0. The smallest absolute Gasteiger partial charge is 0.339 e. The molecule has 0 spiro atoms. The second-order valence-electron chi connectivity index (χ2n) is 3.63. The quantitative estimate of drug-likeness (QED) is 0.645. The van der Waals surface area contributed by atoms with Crippen molar-refractivity contribution >= 4 is 5.97 Å². The fraction of sp³-hybridized carbons (Fsp3) is 0.455. The van der Waals surface area contributed by atoms with Crippen LogP contribution in [0.3, 0.4) is 0 Å². The Labute approximate surface area is 87.5 Å². The van der Waals surface area contributed by atoms with Crippen LogP contribution in [0.25, 0.3) is 0 Å². The van der Waals surface area contributed by atoms with Crippen LogP contribution in [0, 0.1) is 0 Å². The average molecular weight is 207 g/mol. The van der Waals surface area contributed by atoms with E-state index in [2.05, 4.69) is 4.74 Å². The number of methoxy groups -OCH3 is 1. The molecule has 2 rings (SSSR count). The first-order chi connectivity index (χ1) is 7.24. The van der Waals surface area contributed by atoms with Crippen LogP contribution < -0.4 is 5.56 Å². The second-order valence-corrected chi connectivity index (χ2v) is 3.63. The zero-order valence-electron chi connectivity index (χ0n) is 8.66. The van der Waals surface area contributed by atoms with Gasteiger partial charge in [0.1, 0.15) is 0 Å². The van der Waals surface area contributed by atoms with E-state index in [1.54, 1.807) is 10.6 Å². The highest BCUT2D eigenvalue weighted by molar-refractivity contribution is 5.90. The molecule has 1 aliphatic rings. The van der Waals surface area contributed by atoms with Gasteiger partial charge in [-0.2, -0.15) is 0 Å². The number of rotatable bonds is 1. The molecule has 0 saturated heterocycles. The molecular weight excluding hydrogens is 194 g/mol. The van der Waals surface area contributed by atoms with Crippen LogP contribution in [0.4, 0.5) is 0 Å². The SMILES string of the molecule is COC(=O)c1ccc(=O)n2c1CCCC2. The maximum Gasteiger partial charge on any atom is 0.339 e. The molecule has 15 heavy (non-hydrogen) atoms. The number of nitrogens with zero attached hydrogens (tertiary/aromatic N) is 1.